The molecule has 0 aliphatic heterocycles. The lowest BCUT2D eigenvalue weighted by atomic mass is 10.1. The molecule has 0 saturated carbocycles. The van der Waals surface area contributed by atoms with Gasteiger partial charge in [-0.25, -0.2) is 0 Å². The number of ketones is 1. The second-order valence-corrected chi connectivity index (χ2v) is 3.58. The third-order valence-corrected chi connectivity index (χ3v) is 2.58. The number of para-hydroxylation sites is 1. The fourth-order valence-electron chi connectivity index (χ4n) is 1.30. The van der Waals surface area contributed by atoms with Crippen molar-refractivity contribution in [3.05, 3.63) is 47.0 Å². The van der Waals surface area contributed by atoms with E-state index in [4.69, 9.17) is 4.74 Å². The Morgan fingerprint density at radius 1 is 1.33 bits per heavy atom. The third-order valence-electron chi connectivity index (χ3n) is 2.02. The van der Waals surface area contributed by atoms with E-state index in [2.05, 4.69) is 4.37 Å². The molecule has 0 bridgehead atoms. The summed E-state index contributed by atoms with van der Waals surface area (Å²) in [6, 6.07) is 8.85. The van der Waals surface area contributed by atoms with Crippen LogP contribution in [0.3, 0.4) is 0 Å². The molecule has 2 rings (SSSR count). The molecule has 1 aromatic heterocycles. The van der Waals surface area contributed by atoms with Crippen molar-refractivity contribution in [2.75, 3.05) is 7.11 Å². The second kappa shape index (κ2) is 4.23. The number of aromatic nitrogens is 1. The molecule has 1 heterocycles. The van der Waals surface area contributed by atoms with Crippen molar-refractivity contribution in [2.45, 2.75) is 0 Å². The maximum atomic E-state index is 12.0. The highest BCUT2D eigenvalue weighted by atomic mass is 32.1. The van der Waals surface area contributed by atoms with Crippen LogP contribution >= 0.6 is 11.5 Å². The van der Waals surface area contributed by atoms with Crippen LogP contribution in [0.25, 0.3) is 0 Å². The number of carbonyl (C=O) groups excluding carboxylic acids is 1. The molecule has 0 unspecified atom stereocenters. The van der Waals surface area contributed by atoms with Gasteiger partial charge in [0.05, 0.1) is 12.7 Å². The molecule has 0 atom stereocenters. The highest BCUT2D eigenvalue weighted by molar-refractivity contribution is 7.03. The first kappa shape index (κ1) is 9.86. The molecule has 0 N–H and O–H groups in total. The Bertz CT molecular complexity index is 465. The number of nitrogens with zero attached hydrogens (tertiary/aromatic N) is 1. The summed E-state index contributed by atoms with van der Waals surface area (Å²) < 4.78 is 9.12. The highest BCUT2D eigenvalue weighted by Gasteiger charge is 2.14. The number of benzene rings is 1. The molecule has 76 valence electrons. The van der Waals surface area contributed by atoms with Crippen LogP contribution in [0.5, 0.6) is 5.75 Å². The summed E-state index contributed by atoms with van der Waals surface area (Å²) >= 11 is 1.26. The summed E-state index contributed by atoms with van der Waals surface area (Å²) in [4.78, 5) is 12.0. The van der Waals surface area contributed by atoms with Crippen molar-refractivity contribution in [1.82, 2.24) is 4.37 Å². The lowest BCUT2D eigenvalue weighted by molar-refractivity contribution is 0.103. The number of hydrogen-bond acceptors (Lipinski definition) is 4. The van der Waals surface area contributed by atoms with Gasteiger partial charge in [0.2, 0.25) is 5.78 Å². The lowest BCUT2D eigenvalue weighted by Crippen LogP contribution is -2.03. The second-order valence-electron chi connectivity index (χ2n) is 2.91. The van der Waals surface area contributed by atoms with E-state index in [1.54, 1.807) is 30.7 Å². The summed E-state index contributed by atoms with van der Waals surface area (Å²) in [6.07, 6.45) is 0. The first-order valence-electron chi connectivity index (χ1n) is 4.41. The van der Waals surface area contributed by atoms with Crippen molar-refractivity contribution < 1.29 is 9.53 Å². The van der Waals surface area contributed by atoms with Gasteiger partial charge >= 0.3 is 0 Å². The van der Waals surface area contributed by atoms with E-state index in [1.807, 2.05) is 12.1 Å². The summed E-state index contributed by atoms with van der Waals surface area (Å²) in [6.45, 7) is 0. The Labute approximate surface area is 91.5 Å². The Kier molecular flexibility index (Phi) is 2.78. The van der Waals surface area contributed by atoms with Crippen molar-refractivity contribution in [1.29, 1.82) is 0 Å². The van der Waals surface area contributed by atoms with Crippen LogP contribution in [0.4, 0.5) is 0 Å². The van der Waals surface area contributed by atoms with E-state index in [0.717, 1.165) is 0 Å². The normalized spacial score (nSPS) is 9.93. The maximum Gasteiger partial charge on any atom is 0.216 e. The molecular weight excluding hydrogens is 210 g/mol. The minimum atomic E-state index is -0.103. The van der Waals surface area contributed by atoms with Crippen molar-refractivity contribution in [3.63, 3.8) is 0 Å². The van der Waals surface area contributed by atoms with Gasteiger partial charge in [-0.1, -0.05) is 12.1 Å². The molecule has 0 fully saturated rings. The van der Waals surface area contributed by atoms with E-state index >= 15 is 0 Å². The van der Waals surface area contributed by atoms with E-state index < -0.39 is 0 Å². The Balaban J connectivity index is 2.42. The molecule has 2 aromatic rings. The Morgan fingerprint density at radius 2 is 2.13 bits per heavy atom. The van der Waals surface area contributed by atoms with Crippen LogP contribution in [-0.2, 0) is 0 Å². The standard InChI is InChI=1S/C11H9NO2S/c1-14-10-5-3-2-4-8(10)11(13)9-6-7-15-12-9/h2-7H,1H3. The molecular formula is C11H9NO2S. The topological polar surface area (TPSA) is 39.2 Å². The quantitative estimate of drug-likeness (QED) is 0.744. The zero-order valence-corrected chi connectivity index (χ0v) is 8.95. The van der Waals surface area contributed by atoms with Gasteiger partial charge in [0.25, 0.3) is 0 Å². The van der Waals surface area contributed by atoms with Gasteiger partial charge in [-0.3, -0.25) is 4.79 Å². The molecule has 0 amide bonds. The van der Waals surface area contributed by atoms with Gasteiger partial charge in [-0.2, -0.15) is 4.37 Å². The van der Waals surface area contributed by atoms with Crippen molar-refractivity contribution in [3.8, 4) is 5.75 Å². The largest absolute Gasteiger partial charge is 0.496 e. The van der Waals surface area contributed by atoms with Gasteiger partial charge in [0, 0.05) is 5.38 Å². The number of ether oxygens (including phenoxy) is 1. The fraction of sp³-hybridized carbons (Fsp3) is 0.0909. The Hall–Kier alpha value is -1.68. The first-order chi connectivity index (χ1) is 7.33. The van der Waals surface area contributed by atoms with Gasteiger partial charge in [0.15, 0.2) is 0 Å². The van der Waals surface area contributed by atoms with Gasteiger partial charge in [-0.15, -0.1) is 0 Å². The van der Waals surface area contributed by atoms with Crippen LogP contribution in [-0.4, -0.2) is 17.3 Å². The number of carbonyl (C=O) groups is 1. The van der Waals surface area contributed by atoms with E-state index in [1.165, 1.54) is 11.5 Å². The fourth-order valence-corrected chi connectivity index (χ4v) is 1.81. The van der Waals surface area contributed by atoms with Crippen LogP contribution in [0.1, 0.15) is 16.1 Å². The highest BCUT2D eigenvalue weighted by Crippen LogP contribution is 2.20. The van der Waals surface area contributed by atoms with E-state index in [9.17, 15) is 4.79 Å². The van der Waals surface area contributed by atoms with Crippen molar-refractivity contribution >= 4 is 17.3 Å². The lowest BCUT2D eigenvalue weighted by Gasteiger charge is -2.04. The molecule has 3 nitrogen and oxygen atoms in total. The third kappa shape index (κ3) is 1.89. The first-order valence-corrected chi connectivity index (χ1v) is 5.24. The van der Waals surface area contributed by atoms with E-state index in [0.29, 0.717) is 17.0 Å². The van der Waals surface area contributed by atoms with Crippen LogP contribution in [0.2, 0.25) is 0 Å². The molecule has 0 aliphatic carbocycles. The number of rotatable bonds is 3. The zero-order chi connectivity index (χ0) is 10.7. The summed E-state index contributed by atoms with van der Waals surface area (Å²) in [7, 11) is 1.55. The summed E-state index contributed by atoms with van der Waals surface area (Å²) in [5.74, 6) is 0.476. The summed E-state index contributed by atoms with van der Waals surface area (Å²) in [5.41, 5.74) is 1.01. The molecule has 0 saturated heterocycles. The van der Waals surface area contributed by atoms with Gasteiger partial charge in [0.1, 0.15) is 11.4 Å². The molecule has 1 aromatic carbocycles. The van der Waals surface area contributed by atoms with Crippen LogP contribution < -0.4 is 4.74 Å². The number of hydrogen-bond donors (Lipinski definition) is 0. The predicted octanol–water partition coefficient (Wildman–Crippen LogP) is 2.38. The van der Waals surface area contributed by atoms with Gasteiger partial charge in [-0.05, 0) is 29.7 Å². The summed E-state index contributed by atoms with van der Waals surface area (Å²) in [5, 5.41) is 1.78. The molecule has 0 aliphatic rings. The van der Waals surface area contributed by atoms with Gasteiger partial charge < -0.3 is 4.74 Å². The molecule has 0 spiro atoms. The number of methoxy groups -OCH3 is 1. The molecule has 0 radical (unpaired) electrons. The average molecular weight is 219 g/mol. The maximum absolute atomic E-state index is 12.0. The monoisotopic (exact) mass is 219 g/mol. The van der Waals surface area contributed by atoms with Crippen LogP contribution in [0, 0.1) is 0 Å². The zero-order valence-electron chi connectivity index (χ0n) is 8.14. The molecule has 4 heteroatoms. The Morgan fingerprint density at radius 3 is 2.80 bits per heavy atom. The minimum Gasteiger partial charge on any atom is -0.496 e. The van der Waals surface area contributed by atoms with Crippen LogP contribution in [0.15, 0.2) is 35.7 Å². The van der Waals surface area contributed by atoms with E-state index in [-0.39, 0.29) is 5.78 Å². The molecule has 15 heavy (non-hydrogen) atoms. The average Bonchev–Trinajstić information content (AvgIpc) is 2.81. The predicted molar refractivity (Wildman–Crippen MR) is 58.5 cm³/mol. The minimum absolute atomic E-state index is 0.103. The SMILES string of the molecule is COc1ccccc1C(=O)c1ccsn1. The van der Waals surface area contributed by atoms with Crippen molar-refractivity contribution in [2.24, 2.45) is 0 Å². The smallest absolute Gasteiger partial charge is 0.216 e.